The number of methoxy groups -OCH3 is 1. The Bertz CT molecular complexity index is 454. The number of rotatable bonds is 8. The summed E-state index contributed by atoms with van der Waals surface area (Å²) in [5.74, 6) is 0.859. The van der Waals surface area contributed by atoms with E-state index in [0.29, 0.717) is 19.8 Å². The first-order valence-electron chi connectivity index (χ1n) is 6.17. The summed E-state index contributed by atoms with van der Waals surface area (Å²) in [7, 11) is 1.66. The van der Waals surface area contributed by atoms with Gasteiger partial charge in [0.25, 0.3) is 0 Å². The van der Waals surface area contributed by atoms with E-state index < -0.39 is 0 Å². The molecule has 0 fully saturated rings. The minimum absolute atomic E-state index is 0.570. The summed E-state index contributed by atoms with van der Waals surface area (Å²) in [6, 6.07) is 8.00. The summed E-state index contributed by atoms with van der Waals surface area (Å²) in [5.41, 5.74) is 2.10. The Kier molecular flexibility index (Phi) is 5.40. The van der Waals surface area contributed by atoms with Gasteiger partial charge in [-0.15, -0.1) is 0 Å². The van der Waals surface area contributed by atoms with Crippen LogP contribution in [0, 0.1) is 0 Å². The monoisotopic (exact) mass is 262 g/mol. The molecule has 2 rings (SSSR count). The van der Waals surface area contributed by atoms with Crippen molar-refractivity contribution in [3.05, 3.63) is 48.2 Å². The van der Waals surface area contributed by atoms with Gasteiger partial charge >= 0.3 is 0 Å². The van der Waals surface area contributed by atoms with Gasteiger partial charge in [-0.05, 0) is 17.7 Å². The second-order valence-electron chi connectivity index (χ2n) is 4.07. The van der Waals surface area contributed by atoms with Gasteiger partial charge in [0.1, 0.15) is 18.6 Å². The van der Waals surface area contributed by atoms with Gasteiger partial charge in [-0.2, -0.15) is 0 Å². The number of oxazole rings is 1. The zero-order valence-corrected chi connectivity index (χ0v) is 11.0. The van der Waals surface area contributed by atoms with E-state index in [9.17, 15) is 0 Å². The molecule has 0 aliphatic carbocycles. The summed E-state index contributed by atoms with van der Waals surface area (Å²) in [6.45, 7) is 2.65. The van der Waals surface area contributed by atoms with Gasteiger partial charge in [0.2, 0.25) is 0 Å². The Labute approximate surface area is 112 Å². The Morgan fingerprint density at radius 1 is 1.16 bits per heavy atom. The molecule has 0 amide bonds. The molecule has 0 bridgehead atoms. The summed E-state index contributed by atoms with van der Waals surface area (Å²) < 4.78 is 15.3. The lowest BCUT2D eigenvalue weighted by molar-refractivity contribution is 0.146. The van der Waals surface area contributed by atoms with Gasteiger partial charge < -0.3 is 19.2 Å². The zero-order chi connectivity index (χ0) is 13.3. The number of ether oxygens (including phenoxy) is 2. The van der Waals surface area contributed by atoms with E-state index in [-0.39, 0.29) is 0 Å². The molecule has 1 N–H and O–H groups in total. The first-order chi connectivity index (χ1) is 9.38. The molecule has 0 saturated carbocycles. The SMILES string of the molecule is COCCOc1ccc(CNCc2cocn2)cc1. The van der Waals surface area contributed by atoms with E-state index in [2.05, 4.69) is 10.3 Å². The lowest BCUT2D eigenvalue weighted by Crippen LogP contribution is -2.12. The van der Waals surface area contributed by atoms with Crippen LogP contribution in [-0.2, 0) is 17.8 Å². The number of hydrogen-bond donors (Lipinski definition) is 1. The fourth-order valence-electron chi connectivity index (χ4n) is 1.61. The minimum Gasteiger partial charge on any atom is -0.491 e. The van der Waals surface area contributed by atoms with Crippen LogP contribution in [0.15, 0.2) is 41.3 Å². The van der Waals surface area contributed by atoms with Crippen LogP contribution in [0.25, 0.3) is 0 Å². The molecule has 5 heteroatoms. The molecular weight excluding hydrogens is 244 g/mol. The average Bonchev–Trinajstić information content (AvgIpc) is 2.94. The van der Waals surface area contributed by atoms with E-state index in [0.717, 1.165) is 18.0 Å². The second kappa shape index (κ2) is 7.56. The molecule has 0 aliphatic heterocycles. The van der Waals surface area contributed by atoms with Crippen LogP contribution in [0.5, 0.6) is 5.75 Å². The quantitative estimate of drug-likeness (QED) is 0.737. The number of nitrogens with one attached hydrogen (secondary N) is 1. The van der Waals surface area contributed by atoms with Gasteiger partial charge in [-0.25, -0.2) is 4.98 Å². The van der Waals surface area contributed by atoms with E-state index >= 15 is 0 Å². The summed E-state index contributed by atoms with van der Waals surface area (Å²) >= 11 is 0. The third-order valence-electron chi connectivity index (χ3n) is 2.60. The van der Waals surface area contributed by atoms with Gasteiger partial charge in [-0.1, -0.05) is 12.1 Å². The van der Waals surface area contributed by atoms with Crippen molar-refractivity contribution in [1.29, 1.82) is 0 Å². The Balaban J connectivity index is 1.72. The fourth-order valence-corrected chi connectivity index (χ4v) is 1.61. The van der Waals surface area contributed by atoms with E-state index in [1.165, 1.54) is 12.0 Å². The second-order valence-corrected chi connectivity index (χ2v) is 4.07. The van der Waals surface area contributed by atoms with Crippen molar-refractivity contribution in [1.82, 2.24) is 10.3 Å². The molecule has 1 heterocycles. The van der Waals surface area contributed by atoms with Gasteiger partial charge in [0.15, 0.2) is 6.39 Å². The topological polar surface area (TPSA) is 56.5 Å². The molecule has 19 heavy (non-hydrogen) atoms. The van der Waals surface area contributed by atoms with Crippen LogP contribution in [-0.4, -0.2) is 25.3 Å². The largest absolute Gasteiger partial charge is 0.491 e. The fraction of sp³-hybridized carbons (Fsp3) is 0.357. The Morgan fingerprint density at radius 2 is 2.00 bits per heavy atom. The van der Waals surface area contributed by atoms with Crippen LogP contribution in [0.1, 0.15) is 11.3 Å². The lowest BCUT2D eigenvalue weighted by atomic mass is 10.2. The van der Waals surface area contributed by atoms with Crippen molar-refractivity contribution in [3.63, 3.8) is 0 Å². The molecule has 0 spiro atoms. The normalized spacial score (nSPS) is 10.6. The molecule has 0 radical (unpaired) electrons. The van der Waals surface area contributed by atoms with Crippen molar-refractivity contribution in [2.45, 2.75) is 13.1 Å². The number of aromatic nitrogens is 1. The molecule has 102 valence electrons. The summed E-state index contributed by atoms with van der Waals surface area (Å²) in [4.78, 5) is 4.04. The summed E-state index contributed by atoms with van der Waals surface area (Å²) in [6.07, 6.45) is 3.07. The highest BCUT2D eigenvalue weighted by Gasteiger charge is 1.98. The highest BCUT2D eigenvalue weighted by Crippen LogP contribution is 2.12. The molecule has 2 aromatic rings. The van der Waals surface area contributed by atoms with Crippen molar-refractivity contribution < 1.29 is 13.9 Å². The van der Waals surface area contributed by atoms with Crippen LogP contribution in [0.3, 0.4) is 0 Å². The molecule has 0 unspecified atom stereocenters. The Morgan fingerprint density at radius 3 is 2.68 bits per heavy atom. The molecule has 1 aromatic carbocycles. The summed E-state index contributed by atoms with van der Waals surface area (Å²) in [5, 5.41) is 3.29. The van der Waals surface area contributed by atoms with E-state index in [1.807, 2.05) is 24.3 Å². The van der Waals surface area contributed by atoms with E-state index in [1.54, 1.807) is 13.4 Å². The maximum atomic E-state index is 5.50. The number of nitrogens with zero attached hydrogens (tertiary/aromatic N) is 1. The third-order valence-corrected chi connectivity index (χ3v) is 2.60. The van der Waals surface area contributed by atoms with Crippen LogP contribution < -0.4 is 10.1 Å². The van der Waals surface area contributed by atoms with Gasteiger partial charge in [0, 0.05) is 20.2 Å². The molecule has 0 saturated heterocycles. The molecule has 0 aliphatic rings. The van der Waals surface area contributed by atoms with Crippen molar-refractivity contribution in [3.8, 4) is 5.75 Å². The maximum Gasteiger partial charge on any atom is 0.180 e. The predicted molar refractivity (Wildman–Crippen MR) is 70.9 cm³/mol. The zero-order valence-electron chi connectivity index (χ0n) is 11.0. The van der Waals surface area contributed by atoms with Crippen molar-refractivity contribution in [2.24, 2.45) is 0 Å². The first kappa shape index (κ1) is 13.6. The van der Waals surface area contributed by atoms with Crippen molar-refractivity contribution >= 4 is 0 Å². The van der Waals surface area contributed by atoms with Gasteiger partial charge in [-0.3, -0.25) is 0 Å². The predicted octanol–water partition coefficient (Wildman–Crippen LogP) is 1.99. The minimum atomic E-state index is 0.570. The smallest absolute Gasteiger partial charge is 0.180 e. The first-order valence-corrected chi connectivity index (χ1v) is 6.17. The van der Waals surface area contributed by atoms with Crippen molar-refractivity contribution in [2.75, 3.05) is 20.3 Å². The molecular formula is C14H18N2O3. The average molecular weight is 262 g/mol. The van der Waals surface area contributed by atoms with E-state index in [4.69, 9.17) is 13.9 Å². The van der Waals surface area contributed by atoms with Crippen LogP contribution >= 0.6 is 0 Å². The highest BCUT2D eigenvalue weighted by molar-refractivity contribution is 5.27. The lowest BCUT2D eigenvalue weighted by Gasteiger charge is -2.07. The molecule has 1 aromatic heterocycles. The standard InChI is InChI=1S/C14H18N2O3/c1-17-6-7-19-14-4-2-12(3-5-14)8-15-9-13-10-18-11-16-13/h2-5,10-11,15H,6-9H2,1H3. The number of hydrogen-bond acceptors (Lipinski definition) is 5. The third kappa shape index (κ3) is 4.73. The highest BCUT2D eigenvalue weighted by atomic mass is 16.5. The molecule has 5 nitrogen and oxygen atoms in total. The van der Waals surface area contributed by atoms with Gasteiger partial charge in [0.05, 0.1) is 12.3 Å². The maximum absolute atomic E-state index is 5.50. The molecule has 0 atom stereocenters. The Hall–Kier alpha value is -1.85. The number of benzene rings is 1. The van der Waals surface area contributed by atoms with Crippen LogP contribution in [0.4, 0.5) is 0 Å². The van der Waals surface area contributed by atoms with Crippen LogP contribution in [0.2, 0.25) is 0 Å².